The van der Waals surface area contributed by atoms with Gasteiger partial charge in [0.05, 0.1) is 6.10 Å². The minimum atomic E-state index is 0.0138. The van der Waals surface area contributed by atoms with Gasteiger partial charge in [0.1, 0.15) is 0 Å². The lowest BCUT2D eigenvalue weighted by Crippen LogP contribution is -2.30. The molecule has 0 fully saturated rings. The van der Waals surface area contributed by atoms with E-state index in [2.05, 4.69) is 26.0 Å². The first-order chi connectivity index (χ1) is 7.65. The summed E-state index contributed by atoms with van der Waals surface area (Å²) in [5.74, 6) is 0.694. The standard InChI is InChI=1S/C14H23NO/c1-11(2)9-10-13(15)14(16-3)12-7-5-4-6-8-12/h4-8,11,13-14H,9-10,15H2,1-3H3. The molecule has 0 aliphatic heterocycles. The lowest BCUT2D eigenvalue weighted by molar-refractivity contribution is 0.0759. The highest BCUT2D eigenvalue weighted by atomic mass is 16.5. The number of ether oxygens (including phenoxy) is 1. The van der Waals surface area contributed by atoms with Gasteiger partial charge in [-0.25, -0.2) is 0 Å². The molecule has 16 heavy (non-hydrogen) atoms. The van der Waals surface area contributed by atoms with E-state index in [4.69, 9.17) is 10.5 Å². The predicted molar refractivity (Wildman–Crippen MR) is 68.2 cm³/mol. The van der Waals surface area contributed by atoms with Gasteiger partial charge in [0.2, 0.25) is 0 Å². The molecule has 2 nitrogen and oxygen atoms in total. The summed E-state index contributed by atoms with van der Waals surface area (Å²) in [7, 11) is 1.73. The Morgan fingerprint density at radius 3 is 2.25 bits per heavy atom. The van der Waals surface area contributed by atoms with Crippen molar-refractivity contribution in [1.82, 2.24) is 0 Å². The molecule has 0 aliphatic carbocycles. The molecular formula is C14H23NO. The van der Waals surface area contributed by atoms with Crippen LogP contribution >= 0.6 is 0 Å². The third-order valence-corrected chi connectivity index (χ3v) is 2.85. The summed E-state index contributed by atoms with van der Waals surface area (Å²) in [6.07, 6.45) is 2.17. The van der Waals surface area contributed by atoms with Crippen molar-refractivity contribution in [2.75, 3.05) is 7.11 Å². The van der Waals surface area contributed by atoms with Crippen LogP contribution < -0.4 is 5.73 Å². The van der Waals surface area contributed by atoms with Gasteiger partial charge in [-0.3, -0.25) is 0 Å². The highest BCUT2D eigenvalue weighted by molar-refractivity contribution is 5.19. The van der Waals surface area contributed by atoms with Crippen molar-refractivity contribution in [2.45, 2.75) is 38.8 Å². The van der Waals surface area contributed by atoms with E-state index in [-0.39, 0.29) is 12.1 Å². The summed E-state index contributed by atoms with van der Waals surface area (Å²) in [4.78, 5) is 0. The number of benzene rings is 1. The van der Waals surface area contributed by atoms with Crippen LogP contribution in [0.15, 0.2) is 30.3 Å². The molecule has 1 rings (SSSR count). The first kappa shape index (κ1) is 13.2. The molecule has 0 radical (unpaired) electrons. The fraction of sp³-hybridized carbons (Fsp3) is 0.571. The van der Waals surface area contributed by atoms with Gasteiger partial charge >= 0.3 is 0 Å². The average Bonchev–Trinajstić information content (AvgIpc) is 2.29. The molecule has 0 aliphatic rings. The zero-order chi connectivity index (χ0) is 12.0. The third-order valence-electron chi connectivity index (χ3n) is 2.85. The molecule has 2 heteroatoms. The summed E-state index contributed by atoms with van der Waals surface area (Å²) >= 11 is 0. The molecule has 0 saturated heterocycles. The van der Waals surface area contributed by atoms with Gasteiger partial charge in [-0.1, -0.05) is 44.2 Å². The molecule has 0 amide bonds. The average molecular weight is 221 g/mol. The molecule has 1 aromatic carbocycles. The monoisotopic (exact) mass is 221 g/mol. The van der Waals surface area contributed by atoms with E-state index in [1.165, 1.54) is 5.56 Å². The second-order valence-corrected chi connectivity index (χ2v) is 4.70. The number of methoxy groups -OCH3 is 1. The van der Waals surface area contributed by atoms with Crippen molar-refractivity contribution in [3.8, 4) is 0 Å². The van der Waals surface area contributed by atoms with Crippen LogP contribution in [0.5, 0.6) is 0 Å². The first-order valence-corrected chi connectivity index (χ1v) is 5.98. The minimum absolute atomic E-state index is 0.0138. The molecule has 0 bridgehead atoms. The number of nitrogens with two attached hydrogens (primary N) is 1. The van der Waals surface area contributed by atoms with E-state index in [0.29, 0.717) is 5.92 Å². The van der Waals surface area contributed by atoms with Gasteiger partial charge in [0, 0.05) is 13.2 Å². The number of hydrogen-bond donors (Lipinski definition) is 1. The van der Waals surface area contributed by atoms with E-state index in [1.807, 2.05) is 18.2 Å². The van der Waals surface area contributed by atoms with Gasteiger partial charge in [-0.15, -0.1) is 0 Å². The van der Waals surface area contributed by atoms with E-state index < -0.39 is 0 Å². The second-order valence-electron chi connectivity index (χ2n) is 4.70. The normalized spacial score (nSPS) is 15.1. The van der Waals surface area contributed by atoms with Crippen LogP contribution in [0.4, 0.5) is 0 Å². The lowest BCUT2D eigenvalue weighted by Gasteiger charge is -2.23. The van der Waals surface area contributed by atoms with Crippen LogP contribution in [0.3, 0.4) is 0 Å². The van der Waals surface area contributed by atoms with E-state index in [0.717, 1.165) is 12.8 Å². The highest BCUT2D eigenvalue weighted by Gasteiger charge is 2.18. The van der Waals surface area contributed by atoms with Crippen molar-refractivity contribution in [1.29, 1.82) is 0 Å². The summed E-state index contributed by atoms with van der Waals surface area (Å²) in [6, 6.07) is 10.3. The maximum atomic E-state index is 6.18. The minimum Gasteiger partial charge on any atom is -0.375 e. The Hall–Kier alpha value is -0.860. The zero-order valence-electron chi connectivity index (χ0n) is 10.5. The van der Waals surface area contributed by atoms with Crippen molar-refractivity contribution in [3.05, 3.63) is 35.9 Å². The Bertz CT molecular complexity index is 284. The molecule has 2 N–H and O–H groups in total. The van der Waals surface area contributed by atoms with Gasteiger partial charge in [0.15, 0.2) is 0 Å². The Balaban J connectivity index is 2.60. The summed E-state index contributed by atoms with van der Waals surface area (Å²) in [6.45, 7) is 4.44. The zero-order valence-corrected chi connectivity index (χ0v) is 10.5. The maximum Gasteiger partial charge on any atom is 0.0971 e. The molecule has 0 aromatic heterocycles. The molecule has 1 aromatic rings. The van der Waals surface area contributed by atoms with Crippen LogP contribution in [0.2, 0.25) is 0 Å². The van der Waals surface area contributed by atoms with Crippen molar-refractivity contribution in [3.63, 3.8) is 0 Å². The lowest BCUT2D eigenvalue weighted by atomic mass is 9.96. The van der Waals surface area contributed by atoms with Crippen molar-refractivity contribution in [2.24, 2.45) is 11.7 Å². The third kappa shape index (κ3) is 3.95. The largest absolute Gasteiger partial charge is 0.375 e. The fourth-order valence-corrected chi connectivity index (χ4v) is 1.88. The van der Waals surface area contributed by atoms with Gasteiger partial charge in [0.25, 0.3) is 0 Å². The Morgan fingerprint density at radius 1 is 1.12 bits per heavy atom. The Labute approximate surface area is 98.8 Å². The van der Waals surface area contributed by atoms with Gasteiger partial charge in [-0.2, -0.15) is 0 Å². The first-order valence-electron chi connectivity index (χ1n) is 5.98. The maximum absolute atomic E-state index is 6.18. The number of hydrogen-bond acceptors (Lipinski definition) is 2. The molecule has 90 valence electrons. The Morgan fingerprint density at radius 2 is 1.75 bits per heavy atom. The van der Waals surface area contributed by atoms with Gasteiger partial charge in [-0.05, 0) is 24.3 Å². The summed E-state index contributed by atoms with van der Waals surface area (Å²) < 4.78 is 5.51. The van der Waals surface area contributed by atoms with Crippen LogP contribution in [0, 0.1) is 5.92 Å². The number of rotatable bonds is 6. The Kier molecular flexibility index (Phi) is 5.50. The van der Waals surface area contributed by atoms with E-state index in [1.54, 1.807) is 7.11 Å². The SMILES string of the molecule is COC(c1ccccc1)C(N)CCC(C)C. The topological polar surface area (TPSA) is 35.2 Å². The summed E-state index contributed by atoms with van der Waals surface area (Å²) in [5.41, 5.74) is 7.35. The molecular weight excluding hydrogens is 198 g/mol. The van der Waals surface area contributed by atoms with Crippen LogP contribution in [-0.2, 0) is 4.74 Å². The van der Waals surface area contributed by atoms with Crippen LogP contribution in [0.25, 0.3) is 0 Å². The molecule has 2 atom stereocenters. The smallest absolute Gasteiger partial charge is 0.0971 e. The molecule has 0 spiro atoms. The van der Waals surface area contributed by atoms with E-state index >= 15 is 0 Å². The van der Waals surface area contributed by atoms with Gasteiger partial charge < -0.3 is 10.5 Å². The van der Waals surface area contributed by atoms with E-state index in [9.17, 15) is 0 Å². The van der Waals surface area contributed by atoms with Crippen LogP contribution in [-0.4, -0.2) is 13.2 Å². The van der Waals surface area contributed by atoms with Crippen molar-refractivity contribution >= 4 is 0 Å². The molecule has 0 heterocycles. The van der Waals surface area contributed by atoms with Crippen LogP contribution in [0.1, 0.15) is 38.4 Å². The molecule has 2 unspecified atom stereocenters. The predicted octanol–water partition coefficient (Wildman–Crippen LogP) is 3.14. The molecule has 0 saturated carbocycles. The fourth-order valence-electron chi connectivity index (χ4n) is 1.88. The van der Waals surface area contributed by atoms with Crippen molar-refractivity contribution < 1.29 is 4.74 Å². The summed E-state index contributed by atoms with van der Waals surface area (Å²) in [5, 5.41) is 0. The second kappa shape index (κ2) is 6.66. The highest BCUT2D eigenvalue weighted by Crippen LogP contribution is 2.22. The quantitative estimate of drug-likeness (QED) is 0.801.